The first-order valence-corrected chi connectivity index (χ1v) is 10.7. The highest BCUT2D eigenvalue weighted by Crippen LogP contribution is 2.33. The number of carbonyl (C=O) groups excluding carboxylic acids is 2. The summed E-state index contributed by atoms with van der Waals surface area (Å²) in [7, 11) is 0. The number of carbonyl (C=O) groups is 2. The number of rotatable bonds is 3. The molecule has 2 aliphatic heterocycles. The fourth-order valence-corrected chi connectivity index (χ4v) is 4.14. The van der Waals surface area contributed by atoms with Crippen LogP contribution in [0.2, 0.25) is 10.0 Å². The Labute approximate surface area is 185 Å². The minimum Gasteiger partial charge on any atom is -0.339 e. The lowest BCUT2D eigenvalue weighted by molar-refractivity contribution is -0.125. The Morgan fingerprint density at radius 2 is 2.03 bits per heavy atom. The predicted molar refractivity (Wildman–Crippen MR) is 120 cm³/mol. The van der Waals surface area contributed by atoms with Crippen LogP contribution in [0.15, 0.2) is 42.6 Å². The van der Waals surface area contributed by atoms with Crippen LogP contribution in [0.25, 0.3) is 11.6 Å². The SMILES string of the molecule is O=C1CCc2cc(/C=C/C(=O)N3CCC=C(c4cccc(Cl)c4Cl)CC3)cnc2N1. The van der Waals surface area contributed by atoms with Gasteiger partial charge in [0.15, 0.2) is 0 Å². The van der Waals surface area contributed by atoms with Crippen LogP contribution >= 0.6 is 23.2 Å². The van der Waals surface area contributed by atoms with E-state index in [1.165, 1.54) is 0 Å². The molecule has 0 aliphatic carbocycles. The molecule has 0 fully saturated rings. The Morgan fingerprint density at radius 1 is 1.17 bits per heavy atom. The molecule has 0 radical (unpaired) electrons. The number of nitrogens with one attached hydrogen (secondary N) is 1. The molecule has 154 valence electrons. The number of fused-ring (bicyclic) bond motifs is 1. The molecule has 0 bridgehead atoms. The molecule has 2 aromatic rings. The molecule has 2 amide bonds. The van der Waals surface area contributed by atoms with Crippen LogP contribution in [0.3, 0.4) is 0 Å². The Bertz CT molecular complexity index is 1060. The van der Waals surface area contributed by atoms with Crippen molar-refractivity contribution in [3.8, 4) is 0 Å². The van der Waals surface area contributed by atoms with Gasteiger partial charge in [-0.15, -0.1) is 0 Å². The van der Waals surface area contributed by atoms with Gasteiger partial charge in [0, 0.05) is 31.8 Å². The molecule has 1 aromatic carbocycles. The number of benzene rings is 1. The lowest BCUT2D eigenvalue weighted by Crippen LogP contribution is -2.30. The first-order valence-electron chi connectivity index (χ1n) is 9.90. The van der Waals surface area contributed by atoms with Crippen molar-refractivity contribution >= 4 is 52.5 Å². The summed E-state index contributed by atoms with van der Waals surface area (Å²) in [4.78, 5) is 30.3. The van der Waals surface area contributed by atoms with Gasteiger partial charge in [-0.25, -0.2) is 4.98 Å². The summed E-state index contributed by atoms with van der Waals surface area (Å²) in [6, 6.07) is 7.59. The molecule has 0 saturated heterocycles. The van der Waals surface area contributed by atoms with Crippen molar-refractivity contribution in [3.63, 3.8) is 0 Å². The van der Waals surface area contributed by atoms with Crippen molar-refractivity contribution in [2.45, 2.75) is 25.7 Å². The van der Waals surface area contributed by atoms with Gasteiger partial charge < -0.3 is 10.2 Å². The monoisotopic (exact) mass is 441 g/mol. The molecule has 4 rings (SSSR count). The van der Waals surface area contributed by atoms with E-state index in [1.54, 1.807) is 24.4 Å². The predicted octanol–water partition coefficient (Wildman–Crippen LogP) is 4.99. The first kappa shape index (κ1) is 20.6. The minimum absolute atomic E-state index is 0.0123. The van der Waals surface area contributed by atoms with Crippen molar-refractivity contribution in [1.82, 2.24) is 9.88 Å². The Kier molecular flexibility index (Phi) is 6.21. The van der Waals surface area contributed by atoms with Crippen LogP contribution in [-0.4, -0.2) is 34.8 Å². The van der Waals surface area contributed by atoms with Crippen LogP contribution in [-0.2, 0) is 16.0 Å². The third-order valence-corrected chi connectivity index (χ3v) is 6.15. The van der Waals surface area contributed by atoms with E-state index in [4.69, 9.17) is 23.2 Å². The van der Waals surface area contributed by atoms with Crippen molar-refractivity contribution in [2.24, 2.45) is 0 Å². The third-order valence-electron chi connectivity index (χ3n) is 5.34. The molecule has 30 heavy (non-hydrogen) atoms. The number of halogens is 2. The normalized spacial score (nSPS) is 16.7. The van der Waals surface area contributed by atoms with Gasteiger partial charge >= 0.3 is 0 Å². The molecule has 7 heteroatoms. The second kappa shape index (κ2) is 9.02. The fourth-order valence-electron chi connectivity index (χ4n) is 3.72. The zero-order chi connectivity index (χ0) is 21.1. The van der Waals surface area contributed by atoms with E-state index in [0.29, 0.717) is 41.8 Å². The maximum Gasteiger partial charge on any atom is 0.246 e. The molecule has 0 spiro atoms. The van der Waals surface area contributed by atoms with Gasteiger partial charge in [-0.3, -0.25) is 9.59 Å². The van der Waals surface area contributed by atoms with E-state index in [-0.39, 0.29) is 11.8 Å². The molecule has 2 aliphatic rings. The second-order valence-corrected chi connectivity index (χ2v) is 8.14. The molecule has 3 heterocycles. The van der Waals surface area contributed by atoms with Crippen molar-refractivity contribution in [3.05, 3.63) is 69.3 Å². The summed E-state index contributed by atoms with van der Waals surface area (Å²) in [5.41, 5.74) is 3.88. The van der Waals surface area contributed by atoms with Gasteiger partial charge in [-0.05, 0) is 59.7 Å². The number of aromatic nitrogens is 1. The van der Waals surface area contributed by atoms with E-state index >= 15 is 0 Å². The number of hydrogen-bond donors (Lipinski definition) is 1. The third kappa shape index (κ3) is 4.58. The quantitative estimate of drug-likeness (QED) is 0.682. The van der Waals surface area contributed by atoms with Gasteiger partial charge in [0.2, 0.25) is 11.8 Å². The molecule has 1 aromatic heterocycles. The number of anilines is 1. The van der Waals surface area contributed by atoms with Crippen LogP contribution < -0.4 is 5.32 Å². The number of aryl methyl sites for hydroxylation is 1. The molecule has 1 N–H and O–H groups in total. The van der Waals surface area contributed by atoms with E-state index < -0.39 is 0 Å². The topological polar surface area (TPSA) is 62.3 Å². The van der Waals surface area contributed by atoms with Crippen molar-refractivity contribution < 1.29 is 9.59 Å². The maximum absolute atomic E-state index is 12.7. The van der Waals surface area contributed by atoms with Crippen LogP contribution in [0.1, 0.15) is 36.0 Å². The molecule has 0 atom stereocenters. The summed E-state index contributed by atoms with van der Waals surface area (Å²) in [6.07, 6.45) is 9.77. The molecule has 0 saturated carbocycles. The maximum atomic E-state index is 12.7. The Morgan fingerprint density at radius 3 is 2.90 bits per heavy atom. The zero-order valence-electron chi connectivity index (χ0n) is 16.3. The van der Waals surface area contributed by atoms with Crippen molar-refractivity contribution in [1.29, 1.82) is 0 Å². The summed E-state index contributed by atoms with van der Waals surface area (Å²) in [5, 5.41) is 3.86. The van der Waals surface area contributed by atoms with Crippen LogP contribution in [0.5, 0.6) is 0 Å². The fraction of sp³-hybridized carbons (Fsp3) is 0.261. The van der Waals surface area contributed by atoms with Crippen LogP contribution in [0, 0.1) is 0 Å². The average Bonchev–Trinajstić information content (AvgIpc) is 3.00. The number of hydrogen-bond acceptors (Lipinski definition) is 3. The minimum atomic E-state index is -0.0344. The summed E-state index contributed by atoms with van der Waals surface area (Å²) in [5.74, 6) is 0.565. The molecule has 5 nitrogen and oxygen atoms in total. The number of nitrogens with zero attached hydrogens (tertiary/aromatic N) is 2. The Hall–Kier alpha value is -2.63. The smallest absolute Gasteiger partial charge is 0.246 e. The van der Waals surface area contributed by atoms with Crippen LogP contribution in [0.4, 0.5) is 5.82 Å². The van der Waals surface area contributed by atoms with E-state index in [9.17, 15) is 9.59 Å². The largest absolute Gasteiger partial charge is 0.339 e. The Balaban J connectivity index is 1.40. The highest BCUT2D eigenvalue weighted by atomic mass is 35.5. The molecular weight excluding hydrogens is 421 g/mol. The summed E-state index contributed by atoms with van der Waals surface area (Å²) in [6.45, 7) is 1.27. The summed E-state index contributed by atoms with van der Waals surface area (Å²) >= 11 is 12.5. The first-order chi connectivity index (χ1) is 14.5. The second-order valence-electron chi connectivity index (χ2n) is 7.35. The van der Waals surface area contributed by atoms with Gasteiger partial charge in [0.25, 0.3) is 0 Å². The average molecular weight is 442 g/mol. The number of pyridine rings is 1. The summed E-state index contributed by atoms with van der Waals surface area (Å²) < 4.78 is 0. The van der Waals surface area contributed by atoms with Gasteiger partial charge in [-0.1, -0.05) is 41.4 Å². The van der Waals surface area contributed by atoms with E-state index in [2.05, 4.69) is 16.4 Å². The highest BCUT2D eigenvalue weighted by molar-refractivity contribution is 6.43. The van der Waals surface area contributed by atoms with Crippen molar-refractivity contribution in [2.75, 3.05) is 18.4 Å². The zero-order valence-corrected chi connectivity index (χ0v) is 17.8. The highest BCUT2D eigenvalue weighted by Gasteiger charge is 2.18. The molecule has 0 unspecified atom stereocenters. The number of amides is 2. The van der Waals surface area contributed by atoms with E-state index in [0.717, 1.165) is 35.1 Å². The lowest BCUT2D eigenvalue weighted by atomic mass is 10.0. The lowest BCUT2D eigenvalue weighted by Gasteiger charge is -2.19. The van der Waals surface area contributed by atoms with Gasteiger partial charge in [0.1, 0.15) is 5.82 Å². The van der Waals surface area contributed by atoms with E-state index in [1.807, 2.05) is 23.1 Å². The van der Waals surface area contributed by atoms with Gasteiger partial charge in [-0.2, -0.15) is 0 Å². The molecular formula is C23H21Cl2N3O2. The van der Waals surface area contributed by atoms with Gasteiger partial charge in [0.05, 0.1) is 10.0 Å². The standard InChI is InChI=1S/C23H21Cl2N3O2/c24-19-5-1-4-18(22(19)25)16-3-2-11-28(12-10-16)21(30)9-6-15-13-17-7-8-20(29)27-23(17)26-14-15/h1,3-6,9,13-14H,2,7-8,10-12H2,(H,26,27,29)/b9-6+.